The summed E-state index contributed by atoms with van der Waals surface area (Å²) in [5.74, 6) is -0.263. The smallest absolute Gasteiger partial charge is 0.217 e. The minimum absolute atomic E-state index is 0.263. The van der Waals surface area contributed by atoms with Crippen molar-refractivity contribution in [2.45, 2.75) is 12.8 Å². The Morgan fingerprint density at radius 3 is 2.47 bits per heavy atom. The van der Waals surface area contributed by atoms with E-state index in [-0.39, 0.29) is 5.91 Å². The van der Waals surface area contributed by atoms with Gasteiger partial charge in [-0.2, -0.15) is 0 Å². The molecule has 0 fully saturated rings. The molecular weight excluding hydrogens is 212 g/mol. The van der Waals surface area contributed by atoms with E-state index in [1.165, 1.54) is 0 Å². The van der Waals surface area contributed by atoms with E-state index in [1.807, 2.05) is 42.6 Å². The molecule has 17 heavy (non-hydrogen) atoms. The quantitative estimate of drug-likeness (QED) is 0.868. The topological polar surface area (TPSA) is 56.0 Å². The van der Waals surface area contributed by atoms with Gasteiger partial charge in [-0.05, 0) is 29.2 Å². The number of rotatable bonds is 4. The Bertz CT molecular complexity index is 491. The number of carbonyl (C=O) groups is 1. The molecule has 2 N–H and O–H groups in total. The highest BCUT2D eigenvalue weighted by molar-refractivity contribution is 5.74. The molecule has 0 saturated carbocycles. The molecule has 0 aliphatic heterocycles. The molecule has 2 aromatic rings. The van der Waals surface area contributed by atoms with Gasteiger partial charge >= 0.3 is 0 Å². The molecule has 86 valence electrons. The molecule has 0 unspecified atom stereocenters. The standard InChI is InChI=1S/C14H14N2O/c15-14(17)8-5-11-3-6-12(7-4-11)13-2-1-9-16-10-13/h1-4,6-7,9-10H,5,8H2,(H2,15,17). The van der Waals surface area contributed by atoms with Gasteiger partial charge in [0.15, 0.2) is 0 Å². The van der Waals surface area contributed by atoms with E-state index in [4.69, 9.17) is 5.73 Å². The maximum atomic E-state index is 10.7. The van der Waals surface area contributed by atoms with Gasteiger partial charge in [0.1, 0.15) is 0 Å². The minimum atomic E-state index is -0.263. The fourth-order valence-electron chi connectivity index (χ4n) is 1.66. The summed E-state index contributed by atoms with van der Waals surface area (Å²) in [6, 6.07) is 12.0. The second-order valence-electron chi connectivity index (χ2n) is 3.90. The fraction of sp³-hybridized carbons (Fsp3) is 0.143. The Labute approximate surface area is 100 Å². The first-order chi connectivity index (χ1) is 8.25. The summed E-state index contributed by atoms with van der Waals surface area (Å²) in [5, 5.41) is 0. The van der Waals surface area contributed by atoms with Crippen LogP contribution in [0.3, 0.4) is 0 Å². The van der Waals surface area contributed by atoms with Crippen molar-refractivity contribution >= 4 is 5.91 Å². The SMILES string of the molecule is NC(=O)CCc1ccc(-c2cccnc2)cc1. The Balaban J connectivity index is 2.11. The summed E-state index contributed by atoms with van der Waals surface area (Å²) < 4.78 is 0. The molecule has 0 spiro atoms. The lowest BCUT2D eigenvalue weighted by atomic mass is 10.0. The summed E-state index contributed by atoms with van der Waals surface area (Å²) in [6.07, 6.45) is 4.68. The van der Waals surface area contributed by atoms with Gasteiger partial charge in [0.2, 0.25) is 5.91 Å². The second-order valence-corrected chi connectivity index (χ2v) is 3.90. The molecule has 3 nitrogen and oxygen atoms in total. The van der Waals surface area contributed by atoms with Gasteiger partial charge in [-0.3, -0.25) is 9.78 Å². The number of carbonyl (C=O) groups excluding carboxylic acids is 1. The molecular formula is C14H14N2O. The number of nitrogens with two attached hydrogens (primary N) is 1. The zero-order valence-electron chi connectivity index (χ0n) is 9.47. The van der Waals surface area contributed by atoms with Crippen LogP contribution in [-0.4, -0.2) is 10.9 Å². The lowest BCUT2D eigenvalue weighted by Gasteiger charge is -2.03. The van der Waals surface area contributed by atoms with Crippen molar-refractivity contribution in [2.75, 3.05) is 0 Å². The van der Waals surface area contributed by atoms with Crippen molar-refractivity contribution in [1.29, 1.82) is 0 Å². The van der Waals surface area contributed by atoms with Gasteiger partial charge in [-0.25, -0.2) is 0 Å². The van der Waals surface area contributed by atoms with E-state index < -0.39 is 0 Å². The molecule has 1 aromatic carbocycles. The second kappa shape index (κ2) is 5.25. The van der Waals surface area contributed by atoms with Crippen molar-refractivity contribution in [1.82, 2.24) is 4.98 Å². The summed E-state index contributed by atoms with van der Waals surface area (Å²) in [6.45, 7) is 0. The van der Waals surface area contributed by atoms with Gasteiger partial charge in [0.25, 0.3) is 0 Å². The van der Waals surface area contributed by atoms with Crippen LogP contribution in [0.1, 0.15) is 12.0 Å². The number of hydrogen-bond donors (Lipinski definition) is 1. The largest absolute Gasteiger partial charge is 0.370 e. The van der Waals surface area contributed by atoms with Gasteiger partial charge in [0.05, 0.1) is 0 Å². The molecule has 2 rings (SSSR count). The Morgan fingerprint density at radius 1 is 1.12 bits per heavy atom. The van der Waals surface area contributed by atoms with E-state index in [0.29, 0.717) is 12.8 Å². The van der Waals surface area contributed by atoms with Crippen molar-refractivity contribution in [3.8, 4) is 11.1 Å². The number of benzene rings is 1. The molecule has 0 bridgehead atoms. The van der Waals surface area contributed by atoms with Gasteiger partial charge in [-0.1, -0.05) is 30.3 Å². The van der Waals surface area contributed by atoms with Crippen LogP contribution in [0.4, 0.5) is 0 Å². The number of hydrogen-bond acceptors (Lipinski definition) is 2. The highest BCUT2D eigenvalue weighted by atomic mass is 16.1. The zero-order valence-corrected chi connectivity index (χ0v) is 9.47. The first-order valence-corrected chi connectivity index (χ1v) is 5.53. The molecule has 0 saturated heterocycles. The predicted octanol–water partition coefficient (Wildman–Crippen LogP) is 2.17. The van der Waals surface area contributed by atoms with E-state index >= 15 is 0 Å². The van der Waals surface area contributed by atoms with Gasteiger partial charge in [-0.15, -0.1) is 0 Å². The van der Waals surface area contributed by atoms with Crippen molar-refractivity contribution < 1.29 is 4.79 Å². The summed E-state index contributed by atoms with van der Waals surface area (Å²) in [7, 11) is 0. The van der Waals surface area contributed by atoms with Crippen LogP contribution in [0.15, 0.2) is 48.8 Å². The maximum absolute atomic E-state index is 10.7. The Morgan fingerprint density at radius 2 is 1.88 bits per heavy atom. The molecule has 1 amide bonds. The molecule has 0 aliphatic rings. The molecule has 0 atom stereocenters. The monoisotopic (exact) mass is 226 g/mol. The van der Waals surface area contributed by atoms with Crippen molar-refractivity contribution in [3.63, 3.8) is 0 Å². The summed E-state index contributed by atoms with van der Waals surface area (Å²) in [5.41, 5.74) is 8.45. The first kappa shape index (κ1) is 11.3. The van der Waals surface area contributed by atoms with Crippen LogP contribution in [-0.2, 0) is 11.2 Å². The fourth-order valence-corrected chi connectivity index (χ4v) is 1.66. The number of primary amides is 1. The number of aromatic nitrogens is 1. The molecule has 3 heteroatoms. The molecule has 0 aliphatic carbocycles. The van der Waals surface area contributed by atoms with E-state index in [1.54, 1.807) is 6.20 Å². The molecule has 1 aromatic heterocycles. The number of pyridine rings is 1. The lowest BCUT2D eigenvalue weighted by molar-refractivity contribution is -0.117. The van der Waals surface area contributed by atoms with Crippen LogP contribution in [0, 0.1) is 0 Å². The van der Waals surface area contributed by atoms with Gasteiger partial charge in [0, 0.05) is 18.8 Å². The number of amides is 1. The normalized spacial score (nSPS) is 10.1. The third-order valence-electron chi connectivity index (χ3n) is 2.61. The maximum Gasteiger partial charge on any atom is 0.217 e. The predicted molar refractivity (Wildman–Crippen MR) is 67.2 cm³/mol. The average molecular weight is 226 g/mol. The lowest BCUT2D eigenvalue weighted by Crippen LogP contribution is -2.11. The minimum Gasteiger partial charge on any atom is -0.370 e. The Hall–Kier alpha value is -2.16. The first-order valence-electron chi connectivity index (χ1n) is 5.53. The van der Waals surface area contributed by atoms with Crippen LogP contribution >= 0.6 is 0 Å². The van der Waals surface area contributed by atoms with Crippen LogP contribution in [0.2, 0.25) is 0 Å². The molecule has 0 radical (unpaired) electrons. The van der Waals surface area contributed by atoms with E-state index in [0.717, 1.165) is 16.7 Å². The Kier molecular flexibility index (Phi) is 3.50. The van der Waals surface area contributed by atoms with Crippen molar-refractivity contribution in [3.05, 3.63) is 54.4 Å². The number of aryl methyl sites for hydroxylation is 1. The highest BCUT2D eigenvalue weighted by Gasteiger charge is 1.99. The van der Waals surface area contributed by atoms with Crippen LogP contribution < -0.4 is 5.73 Å². The third kappa shape index (κ3) is 3.14. The van der Waals surface area contributed by atoms with Crippen molar-refractivity contribution in [2.24, 2.45) is 5.73 Å². The summed E-state index contributed by atoms with van der Waals surface area (Å²) in [4.78, 5) is 14.8. The summed E-state index contributed by atoms with van der Waals surface area (Å²) >= 11 is 0. The van der Waals surface area contributed by atoms with E-state index in [2.05, 4.69) is 4.98 Å². The average Bonchev–Trinajstić information content (AvgIpc) is 2.38. The van der Waals surface area contributed by atoms with Crippen LogP contribution in [0.5, 0.6) is 0 Å². The van der Waals surface area contributed by atoms with Gasteiger partial charge < -0.3 is 5.73 Å². The van der Waals surface area contributed by atoms with Crippen LogP contribution in [0.25, 0.3) is 11.1 Å². The molecule has 1 heterocycles. The third-order valence-corrected chi connectivity index (χ3v) is 2.61. The highest BCUT2D eigenvalue weighted by Crippen LogP contribution is 2.18. The number of nitrogens with zero attached hydrogens (tertiary/aromatic N) is 1. The zero-order chi connectivity index (χ0) is 12.1. The van der Waals surface area contributed by atoms with E-state index in [9.17, 15) is 4.79 Å².